The van der Waals surface area contributed by atoms with Gasteiger partial charge in [0.2, 0.25) is 0 Å². The fourth-order valence-electron chi connectivity index (χ4n) is 5.15. The Kier molecular flexibility index (Phi) is 4.91. The number of aryl methyl sites for hydroxylation is 1. The Balaban J connectivity index is 1.19. The van der Waals surface area contributed by atoms with Crippen LogP contribution in [0.25, 0.3) is 27.5 Å². The van der Waals surface area contributed by atoms with Gasteiger partial charge in [0, 0.05) is 54.4 Å². The quantitative estimate of drug-likeness (QED) is 0.425. The number of nitrogens with zero attached hydrogens (tertiary/aromatic N) is 7. The highest BCUT2D eigenvalue weighted by atomic mass is 15.5. The third kappa shape index (κ3) is 3.58. The summed E-state index contributed by atoms with van der Waals surface area (Å²) in [6, 6.07) is 21.8. The number of piperazine rings is 1. The van der Waals surface area contributed by atoms with Crippen molar-refractivity contribution in [3.05, 3.63) is 71.9 Å². The molecule has 3 aromatic heterocycles. The number of aromatic nitrogens is 5. The van der Waals surface area contributed by atoms with E-state index in [1.807, 2.05) is 17.5 Å². The van der Waals surface area contributed by atoms with Crippen molar-refractivity contribution < 1.29 is 0 Å². The van der Waals surface area contributed by atoms with E-state index in [2.05, 4.69) is 86.8 Å². The fourth-order valence-corrected chi connectivity index (χ4v) is 5.15. The Morgan fingerprint density at radius 1 is 0.939 bits per heavy atom. The van der Waals surface area contributed by atoms with Gasteiger partial charge in [-0.1, -0.05) is 18.2 Å². The summed E-state index contributed by atoms with van der Waals surface area (Å²) in [5.74, 6) is 0. The van der Waals surface area contributed by atoms with Crippen LogP contribution in [0.3, 0.4) is 0 Å². The Bertz CT molecular complexity index is 1460. The van der Waals surface area contributed by atoms with Gasteiger partial charge in [0.05, 0.1) is 11.0 Å². The van der Waals surface area contributed by atoms with Gasteiger partial charge in [-0.2, -0.15) is 4.52 Å². The van der Waals surface area contributed by atoms with Crippen LogP contribution in [-0.2, 0) is 6.42 Å². The van der Waals surface area contributed by atoms with Crippen LogP contribution in [-0.4, -0.2) is 62.1 Å². The first-order chi connectivity index (χ1) is 16.2. The standard InChI is InChI=1S/C26H27N7/c1-18-9-10-22-23(27-18)6-4-7-24(22)32-16-15-31(19(2)17-32)14-13-20-5-3-8-25-21(20)11-12-26-28-29-30-33(25)26/h3-12,19H,13-17H2,1-2H3/t19-/m1/s1. The average Bonchev–Trinajstić information content (AvgIpc) is 3.32. The van der Waals surface area contributed by atoms with E-state index in [0.29, 0.717) is 6.04 Å². The number of hydrogen-bond acceptors (Lipinski definition) is 6. The maximum atomic E-state index is 4.72. The van der Waals surface area contributed by atoms with Gasteiger partial charge in [-0.15, -0.1) is 5.10 Å². The molecule has 5 aromatic rings. The molecule has 0 amide bonds. The third-order valence-corrected chi connectivity index (χ3v) is 6.92. The van der Waals surface area contributed by atoms with E-state index < -0.39 is 0 Å². The lowest BCUT2D eigenvalue weighted by atomic mass is 10.0. The van der Waals surface area contributed by atoms with E-state index in [9.17, 15) is 0 Å². The minimum absolute atomic E-state index is 0.480. The summed E-state index contributed by atoms with van der Waals surface area (Å²) in [6.45, 7) is 8.53. The zero-order valence-electron chi connectivity index (χ0n) is 19.0. The lowest BCUT2D eigenvalue weighted by Gasteiger charge is -2.41. The number of pyridine rings is 2. The molecule has 2 aromatic carbocycles. The molecule has 33 heavy (non-hydrogen) atoms. The molecule has 0 bridgehead atoms. The topological polar surface area (TPSA) is 62.5 Å². The molecule has 1 aliphatic heterocycles. The summed E-state index contributed by atoms with van der Waals surface area (Å²) in [7, 11) is 0. The summed E-state index contributed by atoms with van der Waals surface area (Å²) >= 11 is 0. The molecule has 6 rings (SSSR count). The largest absolute Gasteiger partial charge is 0.368 e. The number of hydrogen-bond donors (Lipinski definition) is 0. The first-order valence-corrected chi connectivity index (χ1v) is 11.6. The van der Waals surface area contributed by atoms with E-state index >= 15 is 0 Å². The lowest BCUT2D eigenvalue weighted by molar-refractivity contribution is 0.192. The Labute approximate surface area is 192 Å². The smallest absolute Gasteiger partial charge is 0.179 e. The third-order valence-electron chi connectivity index (χ3n) is 6.92. The normalized spacial score (nSPS) is 17.4. The first kappa shape index (κ1) is 20.1. The van der Waals surface area contributed by atoms with Crippen molar-refractivity contribution in [1.82, 2.24) is 29.9 Å². The molecular formula is C26H27N7. The van der Waals surface area contributed by atoms with Gasteiger partial charge in [-0.05, 0) is 78.7 Å². The minimum atomic E-state index is 0.480. The second kappa shape index (κ2) is 8.08. The molecule has 1 saturated heterocycles. The molecule has 1 atom stereocenters. The molecule has 4 heterocycles. The molecule has 1 fully saturated rings. The molecule has 0 spiro atoms. The Hall–Kier alpha value is -3.58. The predicted molar refractivity (Wildman–Crippen MR) is 132 cm³/mol. The highest BCUT2D eigenvalue weighted by Crippen LogP contribution is 2.28. The lowest BCUT2D eigenvalue weighted by Crippen LogP contribution is -2.52. The van der Waals surface area contributed by atoms with Gasteiger partial charge in [0.25, 0.3) is 0 Å². The highest BCUT2D eigenvalue weighted by Gasteiger charge is 2.24. The monoisotopic (exact) mass is 437 g/mol. The molecular weight excluding hydrogens is 410 g/mol. The van der Waals surface area contributed by atoms with E-state index in [1.165, 1.54) is 22.0 Å². The highest BCUT2D eigenvalue weighted by molar-refractivity contribution is 5.92. The number of fused-ring (bicyclic) bond motifs is 4. The number of benzene rings is 2. The van der Waals surface area contributed by atoms with E-state index in [1.54, 1.807) is 0 Å². The van der Waals surface area contributed by atoms with E-state index in [-0.39, 0.29) is 0 Å². The van der Waals surface area contributed by atoms with Gasteiger partial charge in [0.1, 0.15) is 0 Å². The first-order valence-electron chi connectivity index (χ1n) is 11.6. The predicted octanol–water partition coefficient (Wildman–Crippen LogP) is 3.89. The van der Waals surface area contributed by atoms with Crippen LogP contribution in [0.4, 0.5) is 5.69 Å². The van der Waals surface area contributed by atoms with Gasteiger partial charge in [-0.25, -0.2) is 0 Å². The van der Waals surface area contributed by atoms with Crippen molar-refractivity contribution >= 4 is 33.1 Å². The maximum Gasteiger partial charge on any atom is 0.179 e. The summed E-state index contributed by atoms with van der Waals surface area (Å²) in [5, 5.41) is 14.5. The number of rotatable bonds is 4. The molecule has 0 aliphatic carbocycles. The molecule has 7 nitrogen and oxygen atoms in total. The summed E-state index contributed by atoms with van der Waals surface area (Å²) in [6.07, 6.45) is 1.01. The van der Waals surface area contributed by atoms with Gasteiger partial charge in [0.15, 0.2) is 5.65 Å². The zero-order chi connectivity index (χ0) is 22.4. The summed E-state index contributed by atoms with van der Waals surface area (Å²) in [4.78, 5) is 9.85. The maximum absolute atomic E-state index is 4.72. The van der Waals surface area contributed by atoms with Crippen LogP contribution >= 0.6 is 0 Å². The van der Waals surface area contributed by atoms with E-state index in [4.69, 9.17) is 4.98 Å². The zero-order valence-corrected chi connectivity index (χ0v) is 19.0. The van der Waals surface area contributed by atoms with Crippen LogP contribution in [0.15, 0.2) is 60.7 Å². The Morgan fingerprint density at radius 2 is 1.82 bits per heavy atom. The molecule has 0 radical (unpaired) electrons. The Morgan fingerprint density at radius 3 is 2.73 bits per heavy atom. The fraction of sp³-hybridized carbons (Fsp3) is 0.308. The summed E-state index contributed by atoms with van der Waals surface area (Å²) < 4.78 is 1.82. The van der Waals surface area contributed by atoms with Gasteiger partial charge >= 0.3 is 0 Å². The molecule has 0 N–H and O–H groups in total. The number of anilines is 1. The van der Waals surface area contributed by atoms with Crippen LogP contribution < -0.4 is 4.90 Å². The second-order valence-corrected chi connectivity index (χ2v) is 9.01. The van der Waals surface area contributed by atoms with Gasteiger partial charge in [-0.3, -0.25) is 9.88 Å². The molecule has 1 aliphatic rings. The molecule has 0 saturated carbocycles. The van der Waals surface area contributed by atoms with Crippen LogP contribution in [0.1, 0.15) is 18.2 Å². The van der Waals surface area contributed by atoms with Crippen LogP contribution in [0.2, 0.25) is 0 Å². The molecule has 166 valence electrons. The van der Waals surface area contributed by atoms with Crippen molar-refractivity contribution in [2.24, 2.45) is 0 Å². The second-order valence-electron chi connectivity index (χ2n) is 9.01. The average molecular weight is 438 g/mol. The van der Waals surface area contributed by atoms with Gasteiger partial charge < -0.3 is 4.90 Å². The molecule has 7 heteroatoms. The number of tetrazole rings is 1. The minimum Gasteiger partial charge on any atom is -0.368 e. The van der Waals surface area contributed by atoms with Crippen LogP contribution in [0, 0.1) is 6.92 Å². The van der Waals surface area contributed by atoms with Crippen molar-refractivity contribution in [3.63, 3.8) is 0 Å². The van der Waals surface area contributed by atoms with Crippen molar-refractivity contribution in [3.8, 4) is 0 Å². The van der Waals surface area contributed by atoms with Crippen molar-refractivity contribution in [2.45, 2.75) is 26.3 Å². The summed E-state index contributed by atoms with van der Waals surface area (Å²) in [5.41, 5.74) is 6.62. The van der Waals surface area contributed by atoms with Crippen molar-refractivity contribution in [1.29, 1.82) is 0 Å². The van der Waals surface area contributed by atoms with Crippen molar-refractivity contribution in [2.75, 3.05) is 31.1 Å². The van der Waals surface area contributed by atoms with E-state index in [0.717, 1.165) is 55.0 Å². The molecule has 0 unspecified atom stereocenters. The SMILES string of the molecule is Cc1ccc2c(N3CCN(CCc4cccc5c4ccc4nnnn45)[C@H](C)C3)cccc2n1. The van der Waals surface area contributed by atoms with Crippen LogP contribution in [0.5, 0.6) is 0 Å².